The van der Waals surface area contributed by atoms with Crippen LogP contribution in [0.25, 0.3) is 0 Å². The van der Waals surface area contributed by atoms with Crippen LogP contribution in [-0.2, 0) is 29.2 Å². The van der Waals surface area contributed by atoms with Gasteiger partial charge in [-0.1, -0.05) is 63.2 Å². The van der Waals surface area contributed by atoms with E-state index in [0.717, 1.165) is 63.1 Å². The van der Waals surface area contributed by atoms with Crippen LogP contribution in [-0.4, -0.2) is 67.0 Å². The van der Waals surface area contributed by atoms with E-state index in [1.165, 1.54) is 5.56 Å². The predicted octanol–water partition coefficient (Wildman–Crippen LogP) is 4.41. The van der Waals surface area contributed by atoms with Gasteiger partial charge >= 0.3 is 0 Å². The van der Waals surface area contributed by atoms with Crippen LogP contribution < -0.4 is 10.6 Å². The first kappa shape index (κ1) is 31.4. The molecule has 4 rings (SSSR count). The Labute approximate surface area is 250 Å². The maximum Gasteiger partial charge on any atom is 0.261 e. The molecular formula is C34H45N5O3. The lowest BCUT2D eigenvalue weighted by atomic mass is 9.93. The smallest absolute Gasteiger partial charge is 0.261 e. The van der Waals surface area contributed by atoms with Crippen LogP contribution in [0.4, 0.5) is 0 Å². The number of allylic oxidation sites excluding steroid dienone is 1. The third-order valence-corrected chi connectivity index (χ3v) is 7.84. The molecule has 0 aromatic heterocycles. The molecule has 1 saturated heterocycles. The molecule has 1 heterocycles. The number of benzene rings is 2. The Bertz CT molecular complexity index is 1280. The van der Waals surface area contributed by atoms with Crippen LogP contribution in [0, 0.1) is 16.7 Å². The average molecular weight is 572 g/mol. The lowest BCUT2D eigenvalue weighted by molar-refractivity contribution is -0.118. The molecule has 2 aromatic carbocycles. The first-order valence-corrected chi connectivity index (χ1v) is 15.0. The molecule has 0 bridgehead atoms. The molecule has 1 aliphatic carbocycles. The van der Waals surface area contributed by atoms with Crippen LogP contribution in [0.2, 0.25) is 0 Å². The summed E-state index contributed by atoms with van der Waals surface area (Å²) in [6.07, 6.45) is 4.25. The van der Waals surface area contributed by atoms with E-state index in [9.17, 15) is 14.9 Å². The summed E-state index contributed by atoms with van der Waals surface area (Å²) in [4.78, 5) is 30.3. The Balaban J connectivity index is 1.24. The van der Waals surface area contributed by atoms with E-state index in [1.807, 2.05) is 75.4 Å². The Morgan fingerprint density at radius 1 is 1.02 bits per heavy atom. The number of nitriles is 1. The molecule has 8 nitrogen and oxygen atoms in total. The zero-order valence-electron chi connectivity index (χ0n) is 25.5. The van der Waals surface area contributed by atoms with E-state index in [-0.39, 0.29) is 34.9 Å². The van der Waals surface area contributed by atoms with E-state index in [0.29, 0.717) is 18.7 Å². The highest BCUT2D eigenvalue weighted by Crippen LogP contribution is 2.25. The van der Waals surface area contributed by atoms with Crippen LogP contribution in [0.3, 0.4) is 0 Å². The maximum absolute atomic E-state index is 12.8. The molecule has 2 amide bonds. The number of hydrogen-bond acceptors (Lipinski definition) is 6. The molecule has 0 radical (unpaired) electrons. The normalized spacial score (nSPS) is 20.2. The SMILES string of the molecule is CN1CCN(Cc2ccc(C(=O)NCc3cccc(CO[C@H]4CCC[C@H]4NC(=O)C(C#N)=CC(C)(C)C)c3)cc2)CC1. The second-order valence-electron chi connectivity index (χ2n) is 12.7. The van der Waals surface area contributed by atoms with Crippen molar-refractivity contribution in [1.82, 2.24) is 20.4 Å². The van der Waals surface area contributed by atoms with Gasteiger partial charge in [-0.15, -0.1) is 0 Å². The highest BCUT2D eigenvalue weighted by molar-refractivity contribution is 5.97. The lowest BCUT2D eigenvalue weighted by Crippen LogP contribution is -2.43. The summed E-state index contributed by atoms with van der Waals surface area (Å²) < 4.78 is 6.23. The van der Waals surface area contributed by atoms with Crippen molar-refractivity contribution in [2.75, 3.05) is 33.2 Å². The summed E-state index contributed by atoms with van der Waals surface area (Å²) in [5, 5.41) is 15.5. The Morgan fingerprint density at radius 3 is 2.43 bits per heavy atom. The number of rotatable bonds is 10. The average Bonchev–Trinajstić information content (AvgIpc) is 3.41. The van der Waals surface area contributed by atoms with Crippen molar-refractivity contribution < 1.29 is 14.3 Å². The number of hydrogen-bond donors (Lipinski definition) is 2. The third kappa shape index (κ3) is 9.52. The minimum Gasteiger partial charge on any atom is -0.371 e. The van der Waals surface area contributed by atoms with Crippen LogP contribution >= 0.6 is 0 Å². The van der Waals surface area contributed by atoms with Gasteiger partial charge in [0.1, 0.15) is 11.6 Å². The Kier molecular flexibility index (Phi) is 10.9. The van der Waals surface area contributed by atoms with Gasteiger partial charge < -0.3 is 20.3 Å². The fourth-order valence-electron chi connectivity index (χ4n) is 5.46. The number of carbonyl (C=O) groups excluding carboxylic acids is 2. The second kappa shape index (κ2) is 14.6. The number of piperazine rings is 1. The van der Waals surface area contributed by atoms with E-state index < -0.39 is 0 Å². The standard InChI is InChI=1S/C34H45N5O3/c1-34(2,3)20-29(21-35)33(41)37-30-9-6-10-31(30)42-24-27-8-5-7-26(19-27)22-36-32(40)28-13-11-25(12-14-28)23-39-17-15-38(4)16-18-39/h5,7-8,11-14,19-20,30-31H,6,9-10,15-18,22-24H2,1-4H3,(H,36,40)(H,37,41)/t30-,31+/m1/s1. The van der Waals surface area contributed by atoms with Crippen molar-refractivity contribution in [3.8, 4) is 6.07 Å². The summed E-state index contributed by atoms with van der Waals surface area (Å²) in [5.74, 6) is -0.431. The molecule has 2 atom stereocenters. The molecule has 0 unspecified atom stereocenters. The topological polar surface area (TPSA) is 97.7 Å². The number of nitrogens with one attached hydrogen (secondary N) is 2. The van der Waals surface area contributed by atoms with Crippen LogP contribution in [0.15, 0.2) is 60.2 Å². The van der Waals surface area contributed by atoms with Gasteiger partial charge in [0.05, 0.1) is 18.8 Å². The fourth-order valence-corrected chi connectivity index (χ4v) is 5.46. The predicted molar refractivity (Wildman–Crippen MR) is 164 cm³/mol. The summed E-state index contributed by atoms with van der Waals surface area (Å²) >= 11 is 0. The minimum absolute atomic E-state index is 0.0930. The molecule has 1 aliphatic heterocycles. The Hall–Kier alpha value is -3.51. The molecule has 2 N–H and O–H groups in total. The zero-order chi connectivity index (χ0) is 30.1. The third-order valence-electron chi connectivity index (χ3n) is 7.84. The van der Waals surface area contributed by atoms with Gasteiger partial charge in [0, 0.05) is 44.8 Å². The Morgan fingerprint density at radius 2 is 1.74 bits per heavy atom. The molecule has 224 valence electrons. The summed E-state index contributed by atoms with van der Waals surface area (Å²) in [5.41, 5.74) is 3.77. The van der Waals surface area contributed by atoms with E-state index >= 15 is 0 Å². The first-order valence-electron chi connectivity index (χ1n) is 15.0. The van der Waals surface area contributed by atoms with Gasteiger partial charge in [-0.2, -0.15) is 5.26 Å². The summed E-state index contributed by atoms with van der Waals surface area (Å²) in [6.45, 7) is 12.0. The lowest BCUT2D eigenvalue weighted by Gasteiger charge is -2.32. The highest BCUT2D eigenvalue weighted by atomic mass is 16.5. The minimum atomic E-state index is -0.338. The number of ether oxygens (including phenoxy) is 1. The van der Waals surface area contributed by atoms with Gasteiger partial charge in [-0.3, -0.25) is 14.5 Å². The largest absolute Gasteiger partial charge is 0.371 e. The molecule has 0 spiro atoms. The van der Waals surface area contributed by atoms with Gasteiger partial charge in [-0.25, -0.2) is 0 Å². The number of carbonyl (C=O) groups is 2. The van der Waals surface area contributed by atoms with Crippen molar-refractivity contribution in [1.29, 1.82) is 5.26 Å². The molecule has 2 aliphatic rings. The fraction of sp³-hybridized carbons (Fsp3) is 0.500. The van der Waals surface area contributed by atoms with Gasteiger partial charge in [0.15, 0.2) is 0 Å². The highest BCUT2D eigenvalue weighted by Gasteiger charge is 2.30. The number of amides is 2. The quantitative estimate of drug-likeness (QED) is 0.324. The van der Waals surface area contributed by atoms with Gasteiger partial charge in [0.2, 0.25) is 0 Å². The van der Waals surface area contributed by atoms with Crippen LogP contribution in [0.5, 0.6) is 0 Å². The van der Waals surface area contributed by atoms with Crippen molar-refractivity contribution in [2.24, 2.45) is 5.41 Å². The monoisotopic (exact) mass is 571 g/mol. The maximum atomic E-state index is 12.8. The summed E-state index contributed by atoms with van der Waals surface area (Å²) in [7, 11) is 2.16. The van der Waals surface area contributed by atoms with Crippen molar-refractivity contribution >= 4 is 11.8 Å². The molecule has 1 saturated carbocycles. The van der Waals surface area contributed by atoms with Gasteiger partial charge in [-0.05, 0) is 60.5 Å². The zero-order valence-corrected chi connectivity index (χ0v) is 25.5. The van der Waals surface area contributed by atoms with Crippen molar-refractivity contribution in [3.63, 3.8) is 0 Å². The van der Waals surface area contributed by atoms with Gasteiger partial charge in [0.25, 0.3) is 11.8 Å². The van der Waals surface area contributed by atoms with E-state index in [2.05, 4.69) is 27.5 Å². The van der Waals surface area contributed by atoms with Crippen molar-refractivity contribution in [2.45, 2.75) is 71.9 Å². The molecule has 42 heavy (non-hydrogen) atoms. The second-order valence-corrected chi connectivity index (χ2v) is 12.7. The molecular weight excluding hydrogens is 526 g/mol. The summed E-state index contributed by atoms with van der Waals surface area (Å²) in [6, 6.07) is 17.8. The van der Waals surface area contributed by atoms with E-state index in [1.54, 1.807) is 6.08 Å². The van der Waals surface area contributed by atoms with E-state index in [4.69, 9.17) is 4.74 Å². The van der Waals surface area contributed by atoms with Crippen molar-refractivity contribution in [3.05, 3.63) is 82.4 Å². The molecule has 2 fully saturated rings. The molecule has 8 heteroatoms. The molecule has 2 aromatic rings. The first-order chi connectivity index (χ1) is 20.1. The number of nitrogens with zero attached hydrogens (tertiary/aromatic N) is 3. The number of likely N-dealkylation sites (N-methyl/N-ethyl adjacent to an activating group) is 1. The van der Waals surface area contributed by atoms with Crippen LogP contribution in [0.1, 0.15) is 67.1 Å².